The van der Waals surface area contributed by atoms with Gasteiger partial charge in [0.1, 0.15) is 0 Å². The van der Waals surface area contributed by atoms with Crippen LogP contribution < -0.4 is 5.32 Å². The number of nitrogens with one attached hydrogen (secondary N) is 1. The standard InChI is InChI=1S/C15H34N2O/c1-13(2)11-16-10-8-9-14(3)18-12-15(4,5)17(6)7/h13-14,16H,8-12H2,1-7H3. The second-order valence-corrected chi connectivity index (χ2v) is 6.57. The Morgan fingerprint density at radius 2 is 1.78 bits per heavy atom. The van der Waals surface area contributed by atoms with Crippen LogP contribution in [0.3, 0.4) is 0 Å². The van der Waals surface area contributed by atoms with Crippen molar-refractivity contribution in [2.24, 2.45) is 5.92 Å². The zero-order chi connectivity index (χ0) is 14.2. The van der Waals surface area contributed by atoms with Crippen molar-refractivity contribution >= 4 is 0 Å². The van der Waals surface area contributed by atoms with E-state index in [0.29, 0.717) is 6.10 Å². The summed E-state index contributed by atoms with van der Waals surface area (Å²) in [6.07, 6.45) is 2.68. The lowest BCUT2D eigenvalue weighted by atomic mass is 10.1. The van der Waals surface area contributed by atoms with E-state index in [0.717, 1.165) is 32.0 Å². The van der Waals surface area contributed by atoms with Crippen molar-refractivity contribution in [3.8, 4) is 0 Å². The molecule has 18 heavy (non-hydrogen) atoms. The van der Waals surface area contributed by atoms with E-state index in [1.165, 1.54) is 6.42 Å². The third-order valence-corrected chi connectivity index (χ3v) is 3.45. The summed E-state index contributed by atoms with van der Waals surface area (Å²) in [6, 6.07) is 0. The second kappa shape index (κ2) is 8.89. The third kappa shape index (κ3) is 8.90. The molecule has 0 aromatic rings. The fourth-order valence-corrected chi connectivity index (χ4v) is 1.46. The smallest absolute Gasteiger partial charge is 0.0648 e. The van der Waals surface area contributed by atoms with Crippen molar-refractivity contribution in [1.29, 1.82) is 0 Å². The highest BCUT2D eigenvalue weighted by Gasteiger charge is 2.21. The van der Waals surface area contributed by atoms with Gasteiger partial charge in [-0.1, -0.05) is 13.8 Å². The maximum Gasteiger partial charge on any atom is 0.0648 e. The van der Waals surface area contributed by atoms with Gasteiger partial charge in [0, 0.05) is 5.54 Å². The van der Waals surface area contributed by atoms with Crippen LogP contribution in [0.4, 0.5) is 0 Å². The maximum atomic E-state index is 5.93. The van der Waals surface area contributed by atoms with Crippen LogP contribution >= 0.6 is 0 Å². The Kier molecular flexibility index (Phi) is 8.83. The number of nitrogens with zero attached hydrogens (tertiary/aromatic N) is 1. The fraction of sp³-hybridized carbons (Fsp3) is 1.00. The molecule has 0 aromatic carbocycles. The molecule has 0 aromatic heterocycles. The molecule has 110 valence electrons. The Morgan fingerprint density at radius 1 is 1.17 bits per heavy atom. The molecule has 0 amide bonds. The largest absolute Gasteiger partial charge is 0.377 e. The van der Waals surface area contributed by atoms with E-state index in [9.17, 15) is 0 Å². The number of hydrogen-bond donors (Lipinski definition) is 1. The number of rotatable bonds is 10. The Labute approximate surface area is 114 Å². The predicted octanol–water partition coefficient (Wildman–Crippen LogP) is 2.76. The highest BCUT2D eigenvalue weighted by Crippen LogP contribution is 2.12. The predicted molar refractivity (Wildman–Crippen MR) is 80.1 cm³/mol. The SMILES string of the molecule is CC(C)CNCCCC(C)OCC(C)(C)N(C)C. The summed E-state index contributed by atoms with van der Waals surface area (Å²) < 4.78 is 5.93. The Morgan fingerprint density at radius 3 is 2.28 bits per heavy atom. The van der Waals surface area contributed by atoms with Crippen LogP contribution in [0.2, 0.25) is 0 Å². The first-order valence-corrected chi connectivity index (χ1v) is 7.25. The number of likely N-dealkylation sites (N-methyl/N-ethyl adjacent to an activating group) is 1. The van der Waals surface area contributed by atoms with E-state index in [1.807, 2.05) is 0 Å². The normalized spacial score (nSPS) is 14.5. The molecule has 0 aliphatic carbocycles. The maximum absolute atomic E-state index is 5.93. The molecule has 0 bridgehead atoms. The van der Waals surface area contributed by atoms with Crippen molar-refractivity contribution in [3.63, 3.8) is 0 Å². The topological polar surface area (TPSA) is 24.5 Å². The third-order valence-electron chi connectivity index (χ3n) is 3.45. The van der Waals surface area contributed by atoms with Crippen LogP contribution in [0.5, 0.6) is 0 Å². The minimum absolute atomic E-state index is 0.115. The van der Waals surface area contributed by atoms with Crippen LogP contribution in [0, 0.1) is 5.92 Å². The molecule has 1 N–H and O–H groups in total. The second-order valence-electron chi connectivity index (χ2n) is 6.57. The van der Waals surface area contributed by atoms with Gasteiger partial charge in [-0.3, -0.25) is 0 Å². The Hall–Kier alpha value is -0.120. The average molecular weight is 258 g/mol. The van der Waals surface area contributed by atoms with Gasteiger partial charge in [-0.05, 0) is 66.7 Å². The van der Waals surface area contributed by atoms with Gasteiger partial charge in [-0.15, -0.1) is 0 Å². The van der Waals surface area contributed by atoms with Gasteiger partial charge in [0.05, 0.1) is 12.7 Å². The number of hydrogen-bond acceptors (Lipinski definition) is 3. The summed E-state index contributed by atoms with van der Waals surface area (Å²) >= 11 is 0. The van der Waals surface area contributed by atoms with Crippen molar-refractivity contribution in [3.05, 3.63) is 0 Å². The quantitative estimate of drug-likeness (QED) is 0.610. The van der Waals surface area contributed by atoms with E-state index in [4.69, 9.17) is 4.74 Å². The van der Waals surface area contributed by atoms with Crippen LogP contribution in [0.15, 0.2) is 0 Å². The molecule has 0 saturated heterocycles. The summed E-state index contributed by atoms with van der Waals surface area (Å²) in [6.45, 7) is 14.1. The van der Waals surface area contributed by atoms with Crippen LogP contribution in [-0.4, -0.2) is 50.3 Å². The highest BCUT2D eigenvalue weighted by molar-refractivity contribution is 4.76. The molecule has 0 radical (unpaired) electrons. The molecule has 0 aliphatic rings. The van der Waals surface area contributed by atoms with Gasteiger partial charge in [0.15, 0.2) is 0 Å². The van der Waals surface area contributed by atoms with E-state index in [1.54, 1.807) is 0 Å². The summed E-state index contributed by atoms with van der Waals surface area (Å²) in [7, 11) is 4.20. The highest BCUT2D eigenvalue weighted by atomic mass is 16.5. The van der Waals surface area contributed by atoms with E-state index < -0.39 is 0 Å². The van der Waals surface area contributed by atoms with E-state index >= 15 is 0 Å². The van der Waals surface area contributed by atoms with Crippen molar-refractivity contribution in [1.82, 2.24) is 10.2 Å². The van der Waals surface area contributed by atoms with Crippen molar-refractivity contribution < 1.29 is 4.74 Å². The first kappa shape index (κ1) is 17.9. The minimum atomic E-state index is 0.115. The average Bonchev–Trinajstić information content (AvgIpc) is 2.25. The molecule has 0 rings (SSSR count). The fourth-order valence-electron chi connectivity index (χ4n) is 1.46. The molecule has 0 fully saturated rings. The summed E-state index contributed by atoms with van der Waals surface area (Å²) in [5, 5.41) is 3.47. The van der Waals surface area contributed by atoms with Gasteiger partial charge < -0.3 is 15.0 Å². The van der Waals surface area contributed by atoms with Gasteiger partial charge in [-0.25, -0.2) is 0 Å². The molecular formula is C15H34N2O. The van der Waals surface area contributed by atoms with Gasteiger partial charge in [-0.2, -0.15) is 0 Å². The molecule has 0 saturated carbocycles. The monoisotopic (exact) mass is 258 g/mol. The summed E-state index contributed by atoms with van der Waals surface area (Å²) in [5.74, 6) is 0.736. The van der Waals surface area contributed by atoms with Gasteiger partial charge in [0.25, 0.3) is 0 Å². The first-order valence-electron chi connectivity index (χ1n) is 7.25. The van der Waals surface area contributed by atoms with Gasteiger partial charge >= 0.3 is 0 Å². The first-order chi connectivity index (χ1) is 8.25. The molecule has 0 aliphatic heterocycles. The lowest BCUT2D eigenvalue weighted by Gasteiger charge is -2.33. The molecule has 3 heteroatoms. The lowest BCUT2D eigenvalue weighted by Crippen LogP contribution is -2.43. The summed E-state index contributed by atoms with van der Waals surface area (Å²) in [4.78, 5) is 2.21. The van der Waals surface area contributed by atoms with Crippen molar-refractivity contribution in [2.45, 2.75) is 59.1 Å². The summed E-state index contributed by atoms with van der Waals surface area (Å²) in [5.41, 5.74) is 0.115. The minimum Gasteiger partial charge on any atom is -0.377 e. The molecule has 0 spiro atoms. The Balaban J connectivity index is 3.57. The van der Waals surface area contributed by atoms with Crippen LogP contribution in [-0.2, 0) is 4.74 Å². The van der Waals surface area contributed by atoms with Crippen LogP contribution in [0.1, 0.15) is 47.5 Å². The molecule has 0 heterocycles. The van der Waals surface area contributed by atoms with Crippen molar-refractivity contribution in [2.75, 3.05) is 33.8 Å². The number of ether oxygens (including phenoxy) is 1. The molecule has 1 atom stereocenters. The molecular weight excluding hydrogens is 224 g/mol. The molecule has 1 unspecified atom stereocenters. The van der Waals surface area contributed by atoms with E-state index in [2.05, 4.69) is 58.9 Å². The van der Waals surface area contributed by atoms with Gasteiger partial charge in [0.2, 0.25) is 0 Å². The van der Waals surface area contributed by atoms with Crippen LogP contribution in [0.25, 0.3) is 0 Å². The zero-order valence-electron chi connectivity index (χ0n) is 13.5. The van der Waals surface area contributed by atoms with E-state index in [-0.39, 0.29) is 5.54 Å². The zero-order valence-corrected chi connectivity index (χ0v) is 13.5. The lowest BCUT2D eigenvalue weighted by molar-refractivity contribution is -0.00743. The molecule has 3 nitrogen and oxygen atoms in total. The Bertz CT molecular complexity index is 203.